The Bertz CT molecular complexity index is 3860. The highest BCUT2D eigenvalue weighted by atomic mass is 19.1. The van der Waals surface area contributed by atoms with Crippen molar-refractivity contribution in [3.05, 3.63) is 148 Å². The number of benzene rings is 5. The number of carbonyl (C=O) groups is 5. The van der Waals surface area contributed by atoms with Crippen LogP contribution in [-0.2, 0) is 35.0 Å². The first-order valence-electron chi connectivity index (χ1n) is 32.3. The molecule has 10 atom stereocenters. The van der Waals surface area contributed by atoms with Gasteiger partial charge < -0.3 is 65.3 Å². The first-order chi connectivity index (χ1) is 45.6. The van der Waals surface area contributed by atoms with E-state index < -0.39 is 130 Å². The normalized spacial score (nSPS) is 26.3. The molecule has 5 bridgehead atoms. The van der Waals surface area contributed by atoms with Crippen LogP contribution in [0.5, 0.6) is 23.0 Å². The minimum absolute atomic E-state index is 0.00265. The van der Waals surface area contributed by atoms with Crippen LogP contribution in [0.3, 0.4) is 0 Å². The van der Waals surface area contributed by atoms with Crippen LogP contribution in [-0.4, -0.2) is 185 Å². The highest BCUT2D eigenvalue weighted by molar-refractivity contribution is 6.24. The summed E-state index contributed by atoms with van der Waals surface area (Å²) in [6.07, 6.45) is 1.98. The number of methoxy groups -OCH3 is 1. The van der Waals surface area contributed by atoms with Crippen LogP contribution in [0.4, 0.5) is 25.8 Å². The van der Waals surface area contributed by atoms with Gasteiger partial charge >= 0.3 is 11.8 Å². The number of fused-ring (bicyclic) bond motifs is 14. The molecule has 8 N–H and O–H groups in total. The predicted molar refractivity (Wildman–Crippen MR) is 351 cm³/mol. The molecular weight excluding hydrogens is 1210 g/mol. The molecule has 2 fully saturated rings. The molecule has 22 nitrogen and oxygen atoms in total. The van der Waals surface area contributed by atoms with Gasteiger partial charge in [0.1, 0.15) is 41.0 Å². The van der Waals surface area contributed by atoms with Gasteiger partial charge in [0.15, 0.2) is 5.75 Å². The zero-order valence-electron chi connectivity index (χ0n) is 56.1. The van der Waals surface area contributed by atoms with Crippen LogP contribution >= 0.6 is 0 Å². The topological polar surface area (TPSA) is 285 Å². The number of ketones is 1. The van der Waals surface area contributed by atoms with Gasteiger partial charge in [-0.05, 0) is 55.8 Å². The lowest BCUT2D eigenvalue weighted by molar-refractivity contribution is -0.160. The van der Waals surface area contributed by atoms with Crippen molar-refractivity contribution in [3.63, 3.8) is 0 Å². The van der Waals surface area contributed by atoms with Crippen LogP contribution in [0.2, 0.25) is 0 Å². The average Bonchev–Trinajstić information content (AvgIpc) is 1.43. The molecule has 5 aromatic rings. The van der Waals surface area contributed by atoms with Gasteiger partial charge in [-0.1, -0.05) is 88.4 Å². The van der Waals surface area contributed by atoms with Gasteiger partial charge in [-0.3, -0.25) is 38.8 Å². The van der Waals surface area contributed by atoms with E-state index in [1.54, 1.807) is 63.1 Å². The number of Topliss-reactive ketones (excluding diaryl/α,β-unsaturated/α-hetero) is 1. The number of carbonyl (C=O) groups excluding carboxylic acids is 5. The molecule has 0 spiro atoms. The molecule has 502 valence electrons. The number of hydrogen-bond donors (Lipinski definition) is 8. The highest BCUT2D eigenvalue weighted by Gasteiger charge is 2.50. The number of halogens is 2. The number of phenolic OH excluding ortho intramolecular Hbond substituents is 3. The number of aliphatic hydroxyl groups excluding tert-OH is 2. The Morgan fingerprint density at radius 3 is 2.16 bits per heavy atom. The molecule has 5 aliphatic heterocycles. The molecule has 5 aliphatic rings. The van der Waals surface area contributed by atoms with Crippen molar-refractivity contribution in [3.8, 4) is 23.0 Å². The monoisotopic (exact) mass is 1300 g/mol. The number of aliphatic hydroxyl groups is 2. The fraction of sp³-hybridized carbons (Fsp3) is 0.429. The lowest BCUT2D eigenvalue weighted by atomic mass is 9.78. The molecule has 5 heterocycles. The maximum atomic E-state index is 15.0. The van der Waals surface area contributed by atoms with Crippen LogP contribution in [0.1, 0.15) is 88.6 Å². The fourth-order valence-corrected chi connectivity index (χ4v) is 12.4. The number of rotatable bonds is 14. The van der Waals surface area contributed by atoms with Crippen LogP contribution < -0.4 is 25.6 Å². The van der Waals surface area contributed by atoms with E-state index in [4.69, 9.17) is 26.8 Å². The minimum atomic E-state index is -2.51. The van der Waals surface area contributed by atoms with Gasteiger partial charge in [0.25, 0.3) is 17.6 Å². The molecule has 3 amide bonds. The van der Waals surface area contributed by atoms with E-state index in [0.29, 0.717) is 71.1 Å². The van der Waals surface area contributed by atoms with E-state index in [2.05, 4.69) is 25.8 Å². The summed E-state index contributed by atoms with van der Waals surface area (Å²) in [5.74, 6) is -12.6. The van der Waals surface area contributed by atoms with Gasteiger partial charge in [-0.2, -0.15) is 5.10 Å². The number of phenols is 3. The third-order valence-corrected chi connectivity index (χ3v) is 18.1. The maximum Gasteiger partial charge on any atom is 0.312 e. The smallest absolute Gasteiger partial charge is 0.312 e. The molecule has 24 heteroatoms. The Morgan fingerprint density at radius 1 is 0.840 bits per heavy atom. The highest BCUT2D eigenvalue weighted by Crippen LogP contribution is 2.55. The molecule has 0 aromatic heterocycles. The second-order valence-electron chi connectivity index (χ2n) is 24.5. The van der Waals surface area contributed by atoms with Crippen molar-refractivity contribution in [2.24, 2.45) is 28.8 Å². The summed E-state index contributed by atoms with van der Waals surface area (Å²) in [4.78, 5) is 75.6. The summed E-state index contributed by atoms with van der Waals surface area (Å²) in [6.45, 7) is 17.7. The van der Waals surface area contributed by atoms with Crippen molar-refractivity contribution in [1.82, 2.24) is 20.1 Å². The number of esters is 1. The number of hydrazone groups is 1. The Labute approximate surface area is 547 Å². The number of hydrogen-bond acceptors (Lipinski definition) is 19. The van der Waals surface area contributed by atoms with Crippen molar-refractivity contribution >= 4 is 63.5 Å². The zero-order valence-corrected chi connectivity index (χ0v) is 54.1. The summed E-state index contributed by atoms with van der Waals surface area (Å²) < 4.78 is 71.8. The second-order valence-corrected chi connectivity index (χ2v) is 24.5. The number of nitrogens with zero attached hydrogens (tertiary/aromatic N) is 5. The first kappa shape index (κ1) is 66.5. The second kappa shape index (κ2) is 30.0. The lowest BCUT2D eigenvalue weighted by Gasteiger charge is -2.39. The summed E-state index contributed by atoms with van der Waals surface area (Å²) >= 11 is 0. The van der Waals surface area contributed by atoms with E-state index >= 15 is 4.39 Å². The summed E-state index contributed by atoms with van der Waals surface area (Å²) in [5.41, 5.74) is -0.473. The van der Waals surface area contributed by atoms with E-state index in [0.717, 1.165) is 12.1 Å². The van der Waals surface area contributed by atoms with E-state index in [1.165, 1.54) is 102 Å². The van der Waals surface area contributed by atoms with Crippen LogP contribution in [0, 0.1) is 42.2 Å². The van der Waals surface area contributed by atoms with Gasteiger partial charge in [-0.25, -0.2) is 8.78 Å². The number of ether oxygens (including phenoxy) is 4. The van der Waals surface area contributed by atoms with E-state index in [1.807, 2.05) is 4.90 Å². The lowest BCUT2D eigenvalue weighted by Crippen LogP contribution is -2.51. The minimum Gasteiger partial charge on any atom is -0.507 e. The number of allylic oxidation sites excluding steroid dienone is 2. The molecule has 0 saturated carbocycles. The third-order valence-electron chi connectivity index (χ3n) is 18.1. The zero-order chi connectivity index (χ0) is 69.7. The van der Waals surface area contributed by atoms with Gasteiger partial charge in [-0.15, -0.1) is 0 Å². The Kier molecular flexibility index (Phi) is 21.2. The van der Waals surface area contributed by atoms with Crippen molar-refractivity contribution in [1.29, 1.82) is 0 Å². The number of aromatic hydroxyl groups is 3. The van der Waals surface area contributed by atoms with Crippen molar-refractivity contribution in [2.75, 3.05) is 88.1 Å². The Balaban J connectivity index is 0.910. The molecule has 0 radical (unpaired) electrons. The van der Waals surface area contributed by atoms with Gasteiger partial charge in [0.05, 0.1) is 69.9 Å². The van der Waals surface area contributed by atoms with Crippen LogP contribution in [0.15, 0.2) is 114 Å². The Hall–Kier alpha value is -8.94. The average molecular weight is 1300 g/mol. The maximum absolute atomic E-state index is 15.0. The molecular formula is C70H84F2N8O14. The molecule has 2 saturated heterocycles. The Morgan fingerprint density at radius 2 is 1.50 bits per heavy atom. The number of nitrogens with one attached hydrogen (secondary N) is 3. The van der Waals surface area contributed by atoms with Crippen molar-refractivity contribution in [2.45, 2.75) is 98.0 Å². The third kappa shape index (κ3) is 15.3. The quantitative estimate of drug-likeness (QED) is 0.0228. The summed E-state index contributed by atoms with van der Waals surface area (Å²) in [6, 6.07) is 14.9. The summed E-state index contributed by atoms with van der Waals surface area (Å²) in [5, 5.41) is 73.4. The first-order valence-corrected chi connectivity index (χ1v) is 31.3. The number of piperazine rings is 2. The van der Waals surface area contributed by atoms with Crippen LogP contribution in [0.25, 0.3) is 10.8 Å². The van der Waals surface area contributed by atoms with Gasteiger partial charge in [0.2, 0.25) is 5.91 Å². The SMILES string of the molecule is [2H]C([2H])(c1ccccc1)C(NC(=O)c1ccccc1F)C(=O)Nc1cc(F)ccc1N1CCN(CCN2CCN(/N=C/c3c4c(O)c5c(O)c(C)c6c(c5c3O)C(=O)[C@@](C)(O/C=C/[C@H](OC)[C@@H](C)[C@@H](OC(C)=O)[C@H](C)[C@H](O)[C@H](C)[C@@H](O)[C@@H](C)/C=C/C=C(/C)C(=O)N4)O6)CC2)CC1. The fourth-order valence-electron chi connectivity index (χ4n) is 12.4. The molecule has 0 aliphatic carbocycles. The van der Waals surface area contributed by atoms with Gasteiger partial charge in [0, 0.05) is 136 Å². The molecule has 1 unspecified atom stereocenters. The summed E-state index contributed by atoms with van der Waals surface area (Å²) in [7, 11) is 1.42. The number of amides is 3. The predicted octanol–water partition coefficient (Wildman–Crippen LogP) is 7.79. The standard InChI is InChI=1S/C70H84F2N8O14/c1-39-16-15-17-40(2)67(88)76-58-49(62(85)55-56(63(58)86)61(84)44(6)65-57(55)66(87)70(8,94-65)92-35-24-54(91-9)41(3)64(93-45(7)81)43(5)60(83)42(4)59(39)82)38-73-80-33-29-78(30-34-80)26-25-77-27-31-79(32-28-77)53-23-22-47(71)37-51(53)74-69(90)52(36-46-18-11-10-12-19-46)75-68(89)48-20-13-14-21-50(48)72/h10-24,35,37-39,41-43,52,54,59-60,64,82-86H,25-34,36H2,1-9H3,(H,74,90)(H,75,89)(H,76,88)/b16-15+,35-24+,40-17-,73-38+/t39-,41+,42+,43+,52?,54-,59-,60+,64+,70-/m0/s1/i36D2. The van der Waals surface area contributed by atoms with E-state index in [9.17, 15) is 53.9 Å². The van der Waals surface area contributed by atoms with Crippen molar-refractivity contribution < 1.29 is 80.0 Å². The molecule has 94 heavy (non-hydrogen) atoms. The van der Waals surface area contributed by atoms with E-state index in [-0.39, 0.29) is 55.7 Å². The molecule has 10 rings (SSSR count). The molecule has 5 aromatic carbocycles. The largest absolute Gasteiger partial charge is 0.507 e. The number of anilines is 3.